The van der Waals surface area contributed by atoms with Crippen LogP contribution in [0.15, 0.2) is 12.1 Å². The lowest BCUT2D eigenvalue weighted by molar-refractivity contribution is -0.0370. The average Bonchev–Trinajstić information content (AvgIpc) is 2.60. The molecule has 15 heavy (non-hydrogen) atoms. The van der Waals surface area contributed by atoms with E-state index in [0.717, 1.165) is 11.4 Å². The molecule has 80 valence electrons. The number of nitrogens with zero attached hydrogens (tertiary/aromatic N) is 1. The van der Waals surface area contributed by atoms with Gasteiger partial charge in [-0.05, 0) is 25.5 Å². The third-order valence-corrected chi connectivity index (χ3v) is 4.36. The van der Waals surface area contributed by atoms with E-state index in [1.54, 1.807) is 11.3 Å². The van der Waals surface area contributed by atoms with Gasteiger partial charge in [0.1, 0.15) is 0 Å². The zero-order chi connectivity index (χ0) is 10.4. The molecule has 1 N–H and O–H groups in total. The molecule has 0 bridgehead atoms. The molecule has 2 unspecified atom stereocenters. The van der Waals surface area contributed by atoms with Crippen LogP contribution < -0.4 is 5.32 Å². The molecule has 1 amide bonds. The molecule has 0 spiro atoms. The summed E-state index contributed by atoms with van der Waals surface area (Å²) in [6.07, 6.45) is 1.24. The van der Waals surface area contributed by atoms with Gasteiger partial charge in [-0.1, -0.05) is 0 Å². The molecule has 3 heterocycles. The lowest BCUT2D eigenvalue weighted by atomic mass is 9.85. The molecule has 0 aliphatic carbocycles. The van der Waals surface area contributed by atoms with Crippen LogP contribution in [0, 0.1) is 6.92 Å². The number of rotatable bonds is 2. The molecule has 2 atom stereocenters. The maximum Gasteiger partial charge on any atom is 0.261 e. The number of thiophene rings is 1. The van der Waals surface area contributed by atoms with Crippen molar-refractivity contribution in [3.63, 3.8) is 0 Å². The summed E-state index contributed by atoms with van der Waals surface area (Å²) in [7, 11) is 0. The van der Waals surface area contributed by atoms with Crippen LogP contribution in [0.3, 0.4) is 0 Å². The number of hydrogen-bond donors (Lipinski definition) is 1. The Morgan fingerprint density at radius 1 is 1.60 bits per heavy atom. The number of carbonyl (C=O) groups excluding carboxylic acids is 1. The Hall–Kier alpha value is -0.870. The molecule has 3 rings (SSSR count). The Morgan fingerprint density at radius 3 is 2.93 bits per heavy atom. The second kappa shape index (κ2) is 3.32. The number of nitrogens with one attached hydrogen (secondary N) is 1. The summed E-state index contributed by atoms with van der Waals surface area (Å²) in [5.41, 5.74) is 0. The summed E-state index contributed by atoms with van der Waals surface area (Å²) >= 11 is 1.57. The van der Waals surface area contributed by atoms with E-state index in [2.05, 4.69) is 10.2 Å². The van der Waals surface area contributed by atoms with Crippen molar-refractivity contribution in [2.24, 2.45) is 0 Å². The Bertz CT molecular complexity index is 401. The number of amides is 1. The number of hydrogen-bond acceptors (Lipinski definition) is 3. The van der Waals surface area contributed by atoms with Gasteiger partial charge in [0.05, 0.1) is 10.9 Å². The molecular weight excluding hydrogens is 208 g/mol. The highest BCUT2D eigenvalue weighted by molar-refractivity contribution is 7.13. The first kappa shape index (κ1) is 9.36. The average molecular weight is 222 g/mol. The lowest BCUT2D eigenvalue weighted by Crippen LogP contribution is -2.72. The van der Waals surface area contributed by atoms with E-state index in [9.17, 15) is 4.79 Å². The summed E-state index contributed by atoms with van der Waals surface area (Å²) in [6.45, 7) is 4.29. The molecule has 2 fully saturated rings. The van der Waals surface area contributed by atoms with Crippen LogP contribution in [0.25, 0.3) is 0 Å². The standard InChI is InChI=1S/C11H14N2OS/c1-7-2-3-10(15-7)11(14)12-8-6-13-5-4-9(8)13/h2-3,8-9H,4-6H2,1H3,(H,12,14). The largest absolute Gasteiger partial charge is 0.346 e. The molecular formula is C11H14N2OS. The van der Waals surface area contributed by atoms with Crippen molar-refractivity contribution < 1.29 is 4.79 Å². The zero-order valence-corrected chi connectivity index (χ0v) is 9.51. The minimum atomic E-state index is 0.102. The van der Waals surface area contributed by atoms with Crippen LogP contribution in [0.1, 0.15) is 21.0 Å². The van der Waals surface area contributed by atoms with Gasteiger partial charge < -0.3 is 5.32 Å². The molecule has 0 aromatic carbocycles. The van der Waals surface area contributed by atoms with Gasteiger partial charge in [-0.15, -0.1) is 11.3 Å². The first-order chi connectivity index (χ1) is 7.24. The second-order valence-corrected chi connectivity index (χ2v) is 5.63. The van der Waals surface area contributed by atoms with Gasteiger partial charge >= 0.3 is 0 Å². The molecule has 0 radical (unpaired) electrons. The van der Waals surface area contributed by atoms with Gasteiger partial charge in [-0.2, -0.15) is 0 Å². The summed E-state index contributed by atoms with van der Waals surface area (Å²) in [4.78, 5) is 16.3. The van der Waals surface area contributed by atoms with Gasteiger partial charge in [-0.3, -0.25) is 9.69 Å². The Labute approximate surface area is 93.1 Å². The van der Waals surface area contributed by atoms with Crippen molar-refractivity contribution in [2.45, 2.75) is 25.4 Å². The van der Waals surface area contributed by atoms with Crippen LogP contribution in [0.4, 0.5) is 0 Å². The summed E-state index contributed by atoms with van der Waals surface area (Å²) < 4.78 is 0. The maximum absolute atomic E-state index is 11.8. The molecule has 1 aromatic rings. The SMILES string of the molecule is Cc1ccc(C(=O)NC2CN3CCC23)s1. The van der Waals surface area contributed by atoms with Crippen molar-refractivity contribution in [3.8, 4) is 0 Å². The first-order valence-corrected chi connectivity index (χ1v) is 6.17. The van der Waals surface area contributed by atoms with E-state index in [4.69, 9.17) is 0 Å². The fourth-order valence-corrected chi connectivity index (χ4v) is 3.09. The topological polar surface area (TPSA) is 32.3 Å². The van der Waals surface area contributed by atoms with Crippen molar-refractivity contribution in [2.75, 3.05) is 13.1 Å². The molecule has 4 heteroatoms. The van der Waals surface area contributed by atoms with Crippen LogP contribution in [-0.2, 0) is 0 Å². The van der Waals surface area contributed by atoms with Crippen LogP contribution >= 0.6 is 11.3 Å². The van der Waals surface area contributed by atoms with E-state index in [-0.39, 0.29) is 5.91 Å². The van der Waals surface area contributed by atoms with Crippen molar-refractivity contribution in [3.05, 3.63) is 21.9 Å². The Balaban J connectivity index is 1.61. The smallest absolute Gasteiger partial charge is 0.261 e. The predicted octanol–water partition coefficient (Wildman–Crippen LogP) is 1.24. The second-order valence-electron chi connectivity index (χ2n) is 4.34. The lowest BCUT2D eigenvalue weighted by Gasteiger charge is -2.56. The van der Waals surface area contributed by atoms with Crippen LogP contribution in [0.2, 0.25) is 0 Å². The third kappa shape index (κ3) is 1.48. The Kier molecular flexibility index (Phi) is 2.07. The van der Waals surface area contributed by atoms with E-state index in [0.29, 0.717) is 12.1 Å². The van der Waals surface area contributed by atoms with Crippen molar-refractivity contribution >= 4 is 17.2 Å². The van der Waals surface area contributed by atoms with Crippen molar-refractivity contribution in [1.82, 2.24) is 10.2 Å². The summed E-state index contributed by atoms with van der Waals surface area (Å²) in [5.74, 6) is 0.102. The molecule has 1 aromatic heterocycles. The van der Waals surface area contributed by atoms with Gasteiger partial charge in [0.25, 0.3) is 5.91 Å². The highest BCUT2D eigenvalue weighted by atomic mass is 32.1. The van der Waals surface area contributed by atoms with Crippen LogP contribution in [0.5, 0.6) is 0 Å². The normalized spacial score (nSPS) is 28.9. The van der Waals surface area contributed by atoms with Gasteiger partial charge in [0.2, 0.25) is 0 Å². The fourth-order valence-electron chi connectivity index (χ4n) is 2.32. The highest BCUT2D eigenvalue weighted by Gasteiger charge is 2.45. The quantitative estimate of drug-likeness (QED) is 0.816. The van der Waals surface area contributed by atoms with E-state index in [1.165, 1.54) is 17.8 Å². The molecule has 0 saturated carbocycles. The van der Waals surface area contributed by atoms with Crippen LogP contribution in [-0.4, -0.2) is 36.0 Å². The Morgan fingerprint density at radius 2 is 2.47 bits per heavy atom. The molecule has 2 aliphatic rings. The number of piperidine rings is 1. The monoisotopic (exact) mass is 222 g/mol. The van der Waals surface area contributed by atoms with Gasteiger partial charge in [-0.25, -0.2) is 0 Å². The van der Waals surface area contributed by atoms with E-state index >= 15 is 0 Å². The number of fused-ring (bicyclic) bond motifs is 1. The van der Waals surface area contributed by atoms with Crippen molar-refractivity contribution in [1.29, 1.82) is 0 Å². The van der Waals surface area contributed by atoms with E-state index in [1.807, 2.05) is 19.1 Å². The minimum Gasteiger partial charge on any atom is -0.346 e. The molecule has 2 saturated heterocycles. The summed E-state index contributed by atoms with van der Waals surface area (Å²) in [5, 5.41) is 3.11. The predicted molar refractivity (Wildman–Crippen MR) is 60.3 cm³/mol. The van der Waals surface area contributed by atoms with Gasteiger partial charge in [0, 0.05) is 24.0 Å². The first-order valence-electron chi connectivity index (χ1n) is 5.35. The molecule has 3 nitrogen and oxygen atoms in total. The van der Waals surface area contributed by atoms with E-state index < -0.39 is 0 Å². The zero-order valence-electron chi connectivity index (χ0n) is 8.69. The minimum absolute atomic E-state index is 0.102. The third-order valence-electron chi connectivity index (χ3n) is 3.36. The maximum atomic E-state index is 11.8. The molecule has 2 aliphatic heterocycles. The number of aryl methyl sites for hydroxylation is 1. The fraction of sp³-hybridized carbons (Fsp3) is 0.545. The highest BCUT2D eigenvalue weighted by Crippen LogP contribution is 2.30. The van der Waals surface area contributed by atoms with Gasteiger partial charge in [0.15, 0.2) is 0 Å². The number of carbonyl (C=O) groups is 1. The summed E-state index contributed by atoms with van der Waals surface area (Å²) in [6, 6.07) is 4.94.